The number of benzene rings is 2. The van der Waals surface area contributed by atoms with Crippen molar-refractivity contribution in [2.24, 2.45) is 0 Å². The standard InChI is InChI=1S/C15H14Cl2N2O3S/c1-19-6-7-22-15-5-3-11(9-14(15)19)23(20,21)18-13-4-2-10(16)8-12(13)17/h2-5,8-9,18H,6-7H2,1H3. The molecule has 5 nitrogen and oxygen atoms in total. The van der Waals surface area contributed by atoms with Crippen LogP contribution in [-0.4, -0.2) is 28.6 Å². The molecular weight excluding hydrogens is 359 g/mol. The Balaban J connectivity index is 1.95. The summed E-state index contributed by atoms with van der Waals surface area (Å²) in [6.45, 7) is 1.28. The van der Waals surface area contributed by atoms with Gasteiger partial charge in [0.2, 0.25) is 0 Å². The average molecular weight is 373 g/mol. The number of halogens is 2. The molecule has 122 valence electrons. The van der Waals surface area contributed by atoms with Gasteiger partial charge in [-0.25, -0.2) is 8.42 Å². The average Bonchev–Trinajstić information content (AvgIpc) is 2.50. The molecular formula is C15H14Cl2N2O3S. The molecule has 0 bridgehead atoms. The van der Waals surface area contributed by atoms with Gasteiger partial charge in [0.25, 0.3) is 10.0 Å². The number of nitrogens with zero attached hydrogens (tertiary/aromatic N) is 1. The van der Waals surface area contributed by atoms with E-state index >= 15 is 0 Å². The molecule has 0 unspecified atom stereocenters. The number of hydrogen-bond acceptors (Lipinski definition) is 4. The smallest absolute Gasteiger partial charge is 0.262 e. The highest BCUT2D eigenvalue weighted by molar-refractivity contribution is 7.92. The molecule has 0 amide bonds. The lowest BCUT2D eigenvalue weighted by Crippen LogP contribution is -2.29. The highest BCUT2D eigenvalue weighted by Crippen LogP contribution is 2.34. The second-order valence-electron chi connectivity index (χ2n) is 5.13. The lowest BCUT2D eigenvalue weighted by Gasteiger charge is -2.28. The van der Waals surface area contributed by atoms with Crippen LogP contribution >= 0.6 is 23.2 Å². The minimum atomic E-state index is -3.77. The predicted molar refractivity (Wildman–Crippen MR) is 92.5 cm³/mol. The Labute approximate surface area is 144 Å². The van der Waals surface area contributed by atoms with Gasteiger partial charge in [0, 0.05) is 12.1 Å². The summed E-state index contributed by atoms with van der Waals surface area (Å²) in [7, 11) is -1.88. The van der Waals surface area contributed by atoms with Crippen LogP contribution in [0.4, 0.5) is 11.4 Å². The first-order valence-electron chi connectivity index (χ1n) is 6.83. The van der Waals surface area contributed by atoms with E-state index in [4.69, 9.17) is 27.9 Å². The van der Waals surface area contributed by atoms with E-state index in [2.05, 4.69) is 4.72 Å². The maximum Gasteiger partial charge on any atom is 0.262 e. The van der Waals surface area contributed by atoms with Gasteiger partial charge in [-0.1, -0.05) is 23.2 Å². The van der Waals surface area contributed by atoms with Crippen molar-refractivity contribution in [2.75, 3.05) is 29.8 Å². The van der Waals surface area contributed by atoms with E-state index in [1.165, 1.54) is 18.2 Å². The van der Waals surface area contributed by atoms with Crippen molar-refractivity contribution in [3.8, 4) is 5.75 Å². The molecule has 2 aromatic rings. The van der Waals surface area contributed by atoms with Crippen LogP contribution < -0.4 is 14.4 Å². The Morgan fingerprint density at radius 2 is 1.96 bits per heavy atom. The zero-order valence-corrected chi connectivity index (χ0v) is 14.5. The van der Waals surface area contributed by atoms with Gasteiger partial charge >= 0.3 is 0 Å². The van der Waals surface area contributed by atoms with E-state index < -0.39 is 10.0 Å². The molecule has 0 saturated heterocycles. The third kappa shape index (κ3) is 3.34. The highest BCUT2D eigenvalue weighted by atomic mass is 35.5. The predicted octanol–water partition coefficient (Wildman–Crippen LogP) is 3.62. The van der Waals surface area contributed by atoms with Crippen LogP contribution in [0.2, 0.25) is 10.0 Å². The molecule has 0 fully saturated rings. The number of hydrogen-bond donors (Lipinski definition) is 1. The van der Waals surface area contributed by atoms with Crippen LogP contribution in [0.3, 0.4) is 0 Å². The monoisotopic (exact) mass is 372 g/mol. The van der Waals surface area contributed by atoms with Crippen molar-refractivity contribution in [1.29, 1.82) is 0 Å². The number of fused-ring (bicyclic) bond motifs is 1. The van der Waals surface area contributed by atoms with E-state index in [9.17, 15) is 8.42 Å². The second-order valence-corrected chi connectivity index (χ2v) is 7.66. The summed E-state index contributed by atoms with van der Waals surface area (Å²) in [5.41, 5.74) is 1.01. The van der Waals surface area contributed by atoms with Crippen LogP contribution in [0.25, 0.3) is 0 Å². The normalized spacial score (nSPS) is 14.1. The van der Waals surface area contributed by atoms with Gasteiger partial charge in [0.15, 0.2) is 0 Å². The summed E-state index contributed by atoms with van der Waals surface area (Å²) < 4.78 is 33.1. The Bertz CT molecular complexity index is 856. The Kier molecular flexibility index (Phi) is 4.31. The van der Waals surface area contributed by atoms with Gasteiger partial charge in [0.1, 0.15) is 12.4 Å². The third-order valence-electron chi connectivity index (χ3n) is 3.51. The topological polar surface area (TPSA) is 58.6 Å². The van der Waals surface area contributed by atoms with Gasteiger partial charge in [-0.15, -0.1) is 0 Å². The van der Waals surface area contributed by atoms with Crippen LogP contribution in [0.15, 0.2) is 41.3 Å². The molecule has 8 heteroatoms. The van der Waals surface area contributed by atoms with Crippen LogP contribution in [-0.2, 0) is 10.0 Å². The molecule has 0 aliphatic carbocycles. The maximum absolute atomic E-state index is 12.6. The molecule has 1 heterocycles. The lowest BCUT2D eigenvalue weighted by atomic mass is 10.2. The van der Waals surface area contributed by atoms with Crippen molar-refractivity contribution in [2.45, 2.75) is 4.90 Å². The van der Waals surface area contributed by atoms with Gasteiger partial charge in [0.05, 0.1) is 27.8 Å². The number of nitrogens with one attached hydrogen (secondary N) is 1. The van der Waals surface area contributed by atoms with E-state index in [-0.39, 0.29) is 15.6 Å². The molecule has 3 rings (SSSR count). The van der Waals surface area contributed by atoms with Crippen molar-refractivity contribution in [3.63, 3.8) is 0 Å². The fourth-order valence-corrected chi connectivity index (χ4v) is 3.88. The molecule has 0 spiro atoms. The first-order chi connectivity index (χ1) is 10.9. The number of anilines is 2. The second kappa shape index (κ2) is 6.11. The van der Waals surface area contributed by atoms with Gasteiger partial charge in [-0.3, -0.25) is 4.72 Å². The first-order valence-corrected chi connectivity index (χ1v) is 9.06. The van der Waals surface area contributed by atoms with Crippen molar-refractivity contribution < 1.29 is 13.2 Å². The summed E-state index contributed by atoms with van der Waals surface area (Å²) in [6.07, 6.45) is 0. The minimum absolute atomic E-state index is 0.139. The van der Waals surface area contributed by atoms with E-state index in [0.717, 1.165) is 5.69 Å². The quantitative estimate of drug-likeness (QED) is 0.893. The molecule has 2 aromatic carbocycles. The fraction of sp³-hybridized carbons (Fsp3) is 0.200. The Morgan fingerprint density at radius 1 is 1.17 bits per heavy atom. The summed E-state index contributed by atoms with van der Waals surface area (Å²) in [6, 6.07) is 9.32. The van der Waals surface area contributed by atoms with Gasteiger partial charge in [-0.05, 0) is 36.4 Å². The Morgan fingerprint density at radius 3 is 2.70 bits per heavy atom. The zero-order valence-electron chi connectivity index (χ0n) is 12.2. The number of sulfonamides is 1. The van der Waals surface area contributed by atoms with Gasteiger partial charge < -0.3 is 9.64 Å². The zero-order chi connectivity index (χ0) is 16.6. The first kappa shape index (κ1) is 16.2. The SMILES string of the molecule is CN1CCOc2ccc(S(=O)(=O)Nc3ccc(Cl)cc3Cl)cc21. The number of ether oxygens (including phenoxy) is 1. The van der Waals surface area contributed by atoms with E-state index in [1.807, 2.05) is 11.9 Å². The highest BCUT2D eigenvalue weighted by Gasteiger charge is 2.21. The molecule has 23 heavy (non-hydrogen) atoms. The summed E-state index contributed by atoms with van der Waals surface area (Å²) in [5, 5.41) is 0.671. The lowest BCUT2D eigenvalue weighted by molar-refractivity contribution is 0.311. The van der Waals surface area contributed by atoms with Crippen LogP contribution in [0, 0.1) is 0 Å². The van der Waals surface area contributed by atoms with Crippen LogP contribution in [0.5, 0.6) is 5.75 Å². The number of rotatable bonds is 3. The third-order valence-corrected chi connectivity index (χ3v) is 5.42. The summed E-state index contributed by atoms with van der Waals surface area (Å²) in [5.74, 6) is 0.669. The molecule has 1 aliphatic rings. The number of likely N-dealkylation sites (N-methyl/N-ethyl adjacent to an activating group) is 1. The molecule has 0 saturated carbocycles. The Hall–Kier alpha value is -1.63. The van der Waals surface area contributed by atoms with E-state index in [1.54, 1.807) is 18.2 Å². The van der Waals surface area contributed by atoms with Crippen molar-refractivity contribution in [1.82, 2.24) is 0 Å². The van der Waals surface area contributed by atoms with Crippen LogP contribution in [0.1, 0.15) is 0 Å². The summed E-state index contributed by atoms with van der Waals surface area (Å²) in [4.78, 5) is 2.09. The van der Waals surface area contributed by atoms with Crippen molar-refractivity contribution >= 4 is 44.6 Å². The fourth-order valence-electron chi connectivity index (χ4n) is 2.27. The van der Waals surface area contributed by atoms with Crippen molar-refractivity contribution in [3.05, 3.63) is 46.4 Å². The van der Waals surface area contributed by atoms with E-state index in [0.29, 0.717) is 23.9 Å². The molecule has 0 atom stereocenters. The van der Waals surface area contributed by atoms with Gasteiger partial charge in [-0.2, -0.15) is 0 Å². The largest absolute Gasteiger partial charge is 0.490 e. The molecule has 0 radical (unpaired) electrons. The molecule has 1 N–H and O–H groups in total. The summed E-state index contributed by atoms with van der Waals surface area (Å²) >= 11 is 11.8. The maximum atomic E-state index is 12.6. The molecule has 0 aromatic heterocycles. The molecule has 1 aliphatic heterocycles. The minimum Gasteiger partial charge on any atom is -0.490 e.